The zero-order valence-corrected chi connectivity index (χ0v) is 11.9. The molecule has 0 aromatic heterocycles. The second kappa shape index (κ2) is 6.20. The second-order valence-electron chi connectivity index (χ2n) is 5.81. The zero-order chi connectivity index (χ0) is 13.8. The first kappa shape index (κ1) is 14.1. The first-order valence-electron chi connectivity index (χ1n) is 7.18. The summed E-state index contributed by atoms with van der Waals surface area (Å²) < 4.78 is 0. The van der Waals surface area contributed by atoms with Crippen LogP contribution < -0.4 is 5.73 Å². The number of hydrogen-bond acceptors (Lipinski definition) is 2. The van der Waals surface area contributed by atoms with E-state index in [1.54, 1.807) is 0 Å². The standard InChI is InChI=1S/C16H24N2O/c1-12-8-9-18(13(2)10-12)16(19)15(17)11-14-6-4-3-5-7-14/h3-7,12-13,15H,8-11,17H2,1-2H3/t12?,13?,15-/m1/s1. The molecule has 1 heterocycles. The summed E-state index contributed by atoms with van der Waals surface area (Å²) in [6, 6.07) is 9.89. The fourth-order valence-corrected chi connectivity index (χ4v) is 2.90. The molecule has 0 aliphatic carbocycles. The third-order valence-corrected chi connectivity index (χ3v) is 4.04. The Kier molecular flexibility index (Phi) is 4.59. The molecule has 1 aliphatic rings. The highest BCUT2D eigenvalue weighted by Crippen LogP contribution is 2.22. The Morgan fingerprint density at radius 3 is 2.68 bits per heavy atom. The summed E-state index contributed by atoms with van der Waals surface area (Å²) in [5, 5.41) is 0. The molecule has 1 amide bonds. The molecule has 0 bridgehead atoms. The van der Waals surface area contributed by atoms with Gasteiger partial charge in [-0.05, 0) is 37.7 Å². The Morgan fingerprint density at radius 2 is 2.05 bits per heavy atom. The van der Waals surface area contributed by atoms with E-state index in [9.17, 15) is 4.79 Å². The Labute approximate surface area is 115 Å². The molecule has 1 aromatic rings. The van der Waals surface area contributed by atoms with Crippen LogP contribution in [0.4, 0.5) is 0 Å². The van der Waals surface area contributed by atoms with E-state index in [1.807, 2.05) is 35.2 Å². The van der Waals surface area contributed by atoms with Gasteiger partial charge in [-0.1, -0.05) is 37.3 Å². The van der Waals surface area contributed by atoms with Gasteiger partial charge < -0.3 is 10.6 Å². The van der Waals surface area contributed by atoms with Crippen LogP contribution in [0.3, 0.4) is 0 Å². The molecule has 3 heteroatoms. The fourth-order valence-electron chi connectivity index (χ4n) is 2.90. The lowest BCUT2D eigenvalue weighted by molar-refractivity contribution is -0.136. The van der Waals surface area contributed by atoms with Gasteiger partial charge in [-0.2, -0.15) is 0 Å². The maximum absolute atomic E-state index is 12.4. The summed E-state index contributed by atoms with van der Waals surface area (Å²) in [6.45, 7) is 5.23. The average Bonchev–Trinajstić information content (AvgIpc) is 2.39. The molecule has 2 rings (SSSR count). The van der Waals surface area contributed by atoms with E-state index in [-0.39, 0.29) is 5.91 Å². The van der Waals surface area contributed by atoms with E-state index >= 15 is 0 Å². The minimum atomic E-state index is -0.418. The smallest absolute Gasteiger partial charge is 0.240 e. The predicted molar refractivity (Wildman–Crippen MR) is 77.7 cm³/mol. The summed E-state index contributed by atoms with van der Waals surface area (Å²) >= 11 is 0. The topological polar surface area (TPSA) is 46.3 Å². The van der Waals surface area contributed by atoms with Crippen LogP contribution in [0.1, 0.15) is 32.3 Å². The normalized spacial score (nSPS) is 25.1. The van der Waals surface area contributed by atoms with Crippen LogP contribution in [-0.2, 0) is 11.2 Å². The van der Waals surface area contributed by atoms with Crippen molar-refractivity contribution in [2.24, 2.45) is 11.7 Å². The van der Waals surface area contributed by atoms with E-state index < -0.39 is 6.04 Å². The number of hydrogen-bond donors (Lipinski definition) is 1. The Balaban J connectivity index is 1.95. The van der Waals surface area contributed by atoms with Gasteiger partial charge in [0.2, 0.25) is 5.91 Å². The quantitative estimate of drug-likeness (QED) is 0.905. The third-order valence-electron chi connectivity index (χ3n) is 4.04. The molecular weight excluding hydrogens is 236 g/mol. The Bertz CT molecular complexity index is 418. The maximum atomic E-state index is 12.4. The number of carbonyl (C=O) groups is 1. The van der Waals surface area contributed by atoms with Crippen LogP contribution in [0.25, 0.3) is 0 Å². The average molecular weight is 260 g/mol. The van der Waals surface area contributed by atoms with Gasteiger partial charge in [0.15, 0.2) is 0 Å². The monoisotopic (exact) mass is 260 g/mol. The maximum Gasteiger partial charge on any atom is 0.240 e. The molecule has 0 spiro atoms. The summed E-state index contributed by atoms with van der Waals surface area (Å²) in [5.41, 5.74) is 7.21. The van der Waals surface area contributed by atoms with E-state index in [2.05, 4.69) is 13.8 Å². The van der Waals surface area contributed by atoms with Gasteiger partial charge in [0.05, 0.1) is 6.04 Å². The highest BCUT2D eigenvalue weighted by molar-refractivity contribution is 5.82. The molecule has 2 N–H and O–H groups in total. The third kappa shape index (κ3) is 3.57. The van der Waals surface area contributed by atoms with Crippen LogP contribution in [-0.4, -0.2) is 29.4 Å². The first-order valence-corrected chi connectivity index (χ1v) is 7.18. The van der Waals surface area contributed by atoms with Gasteiger partial charge in [0.1, 0.15) is 0 Å². The van der Waals surface area contributed by atoms with Gasteiger partial charge in [-0.25, -0.2) is 0 Å². The summed E-state index contributed by atoms with van der Waals surface area (Å²) in [4.78, 5) is 14.4. The van der Waals surface area contributed by atoms with E-state index in [0.29, 0.717) is 18.4 Å². The number of likely N-dealkylation sites (tertiary alicyclic amines) is 1. The van der Waals surface area contributed by atoms with Gasteiger partial charge in [-0.15, -0.1) is 0 Å². The van der Waals surface area contributed by atoms with E-state index in [0.717, 1.165) is 24.9 Å². The van der Waals surface area contributed by atoms with Crippen molar-refractivity contribution in [1.29, 1.82) is 0 Å². The number of amides is 1. The van der Waals surface area contributed by atoms with Crippen molar-refractivity contribution in [1.82, 2.24) is 4.90 Å². The lowest BCUT2D eigenvalue weighted by Crippen LogP contribution is -2.51. The molecule has 1 saturated heterocycles. The highest BCUT2D eigenvalue weighted by Gasteiger charge is 2.29. The Morgan fingerprint density at radius 1 is 1.37 bits per heavy atom. The van der Waals surface area contributed by atoms with Crippen LogP contribution >= 0.6 is 0 Å². The molecule has 3 nitrogen and oxygen atoms in total. The number of nitrogens with two attached hydrogens (primary N) is 1. The van der Waals surface area contributed by atoms with Crippen LogP contribution in [0.15, 0.2) is 30.3 Å². The number of nitrogens with zero attached hydrogens (tertiary/aromatic N) is 1. The molecule has 19 heavy (non-hydrogen) atoms. The molecule has 104 valence electrons. The zero-order valence-electron chi connectivity index (χ0n) is 11.9. The molecule has 3 atom stereocenters. The lowest BCUT2D eigenvalue weighted by Gasteiger charge is -2.38. The molecule has 1 aromatic carbocycles. The van der Waals surface area contributed by atoms with Crippen LogP contribution in [0.5, 0.6) is 0 Å². The number of benzene rings is 1. The summed E-state index contributed by atoms with van der Waals surface area (Å²) in [7, 11) is 0. The highest BCUT2D eigenvalue weighted by atomic mass is 16.2. The van der Waals surface area contributed by atoms with Crippen LogP contribution in [0, 0.1) is 5.92 Å². The second-order valence-corrected chi connectivity index (χ2v) is 5.81. The van der Waals surface area contributed by atoms with Crippen molar-refractivity contribution in [2.45, 2.75) is 45.2 Å². The van der Waals surface area contributed by atoms with Crippen molar-refractivity contribution in [2.75, 3.05) is 6.54 Å². The molecule has 0 radical (unpaired) electrons. The predicted octanol–water partition coefficient (Wildman–Crippen LogP) is 2.20. The number of rotatable bonds is 3. The van der Waals surface area contributed by atoms with Gasteiger partial charge in [0.25, 0.3) is 0 Å². The molecular formula is C16H24N2O. The first-order chi connectivity index (χ1) is 9.08. The van der Waals surface area contributed by atoms with E-state index in [4.69, 9.17) is 5.73 Å². The number of carbonyl (C=O) groups excluding carboxylic acids is 1. The van der Waals surface area contributed by atoms with Crippen LogP contribution in [0.2, 0.25) is 0 Å². The largest absolute Gasteiger partial charge is 0.339 e. The molecule has 1 fully saturated rings. The molecule has 0 saturated carbocycles. The minimum Gasteiger partial charge on any atom is -0.339 e. The molecule has 2 unspecified atom stereocenters. The SMILES string of the molecule is CC1CCN(C(=O)[C@H](N)Cc2ccccc2)C(C)C1. The minimum absolute atomic E-state index is 0.100. The van der Waals surface area contributed by atoms with Gasteiger partial charge in [0, 0.05) is 12.6 Å². The number of piperidine rings is 1. The Hall–Kier alpha value is -1.35. The summed E-state index contributed by atoms with van der Waals surface area (Å²) in [5.74, 6) is 0.813. The van der Waals surface area contributed by atoms with Crippen molar-refractivity contribution >= 4 is 5.91 Å². The summed E-state index contributed by atoms with van der Waals surface area (Å²) in [6.07, 6.45) is 2.80. The van der Waals surface area contributed by atoms with E-state index in [1.165, 1.54) is 0 Å². The van der Waals surface area contributed by atoms with Crippen molar-refractivity contribution in [3.05, 3.63) is 35.9 Å². The molecule has 1 aliphatic heterocycles. The van der Waals surface area contributed by atoms with Gasteiger partial charge >= 0.3 is 0 Å². The van der Waals surface area contributed by atoms with Crippen molar-refractivity contribution in [3.63, 3.8) is 0 Å². The fraction of sp³-hybridized carbons (Fsp3) is 0.562. The lowest BCUT2D eigenvalue weighted by atomic mass is 9.92. The van der Waals surface area contributed by atoms with Crippen molar-refractivity contribution < 1.29 is 4.79 Å². The van der Waals surface area contributed by atoms with Gasteiger partial charge in [-0.3, -0.25) is 4.79 Å². The van der Waals surface area contributed by atoms with Crippen molar-refractivity contribution in [3.8, 4) is 0 Å².